The van der Waals surface area contributed by atoms with Gasteiger partial charge in [-0.2, -0.15) is 0 Å². The first-order chi connectivity index (χ1) is 11.3. The van der Waals surface area contributed by atoms with Crippen LogP contribution in [0.15, 0.2) is 48.8 Å². The zero-order valence-electron chi connectivity index (χ0n) is 12.9. The molecule has 0 aliphatic carbocycles. The average Bonchev–Trinajstić information content (AvgIpc) is 3.05. The van der Waals surface area contributed by atoms with Crippen molar-refractivity contribution in [3.63, 3.8) is 0 Å². The molecule has 0 radical (unpaired) electrons. The van der Waals surface area contributed by atoms with Crippen LogP contribution < -0.4 is 4.74 Å². The highest BCUT2D eigenvalue weighted by Crippen LogP contribution is 2.28. The number of hydrogen-bond donors (Lipinski definition) is 1. The van der Waals surface area contributed by atoms with Crippen molar-refractivity contribution in [2.45, 2.75) is 19.8 Å². The second-order valence-corrected chi connectivity index (χ2v) is 5.21. The molecule has 2 heterocycles. The largest absolute Gasteiger partial charge is 0.477 e. The SMILES string of the molecule is CCCCOc1ncccc1-c1ncc(-c2cccc(F)c2)[nH]1. The molecule has 2 aromatic heterocycles. The van der Waals surface area contributed by atoms with Crippen molar-refractivity contribution in [2.24, 2.45) is 0 Å². The summed E-state index contributed by atoms with van der Waals surface area (Å²) < 4.78 is 19.1. The number of H-pyrrole nitrogens is 1. The third kappa shape index (κ3) is 3.56. The molecule has 5 heteroatoms. The predicted octanol–water partition coefficient (Wildman–Crippen LogP) is 4.46. The van der Waals surface area contributed by atoms with Crippen molar-refractivity contribution in [2.75, 3.05) is 6.61 Å². The second-order valence-electron chi connectivity index (χ2n) is 5.21. The highest BCUT2D eigenvalue weighted by atomic mass is 19.1. The van der Waals surface area contributed by atoms with Crippen LogP contribution in [0.25, 0.3) is 22.6 Å². The van der Waals surface area contributed by atoms with E-state index < -0.39 is 0 Å². The number of halogens is 1. The first-order valence-electron chi connectivity index (χ1n) is 7.67. The van der Waals surface area contributed by atoms with E-state index in [2.05, 4.69) is 21.9 Å². The van der Waals surface area contributed by atoms with Crippen LogP contribution in [0, 0.1) is 5.82 Å². The fourth-order valence-corrected chi connectivity index (χ4v) is 2.26. The molecule has 0 saturated heterocycles. The van der Waals surface area contributed by atoms with Crippen molar-refractivity contribution in [3.8, 4) is 28.5 Å². The van der Waals surface area contributed by atoms with Crippen molar-refractivity contribution in [1.29, 1.82) is 0 Å². The van der Waals surface area contributed by atoms with E-state index >= 15 is 0 Å². The Balaban J connectivity index is 1.88. The fraction of sp³-hybridized carbons (Fsp3) is 0.222. The summed E-state index contributed by atoms with van der Waals surface area (Å²) in [6, 6.07) is 10.1. The zero-order valence-corrected chi connectivity index (χ0v) is 12.9. The molecule has 1 aromatic carbocycles. The molecule has 23 heavy (non-hydrogen) atoms. The Labute approximate surface area is 134 Å². The van der Waals surface area contributed by atoms with Gasteiger partial charge in [-0.1, -0.05) is 25.5 Å². The summed E-state index contributed by atoms with van der Waals surface area (Å²) in [4.78, 5) is 11.9. The van der Waals surface area contributed by atoms with Gasteiger partial charge in [-0.05, 0) is 30.7 Å². The van der Waals surface area contributed by atoms with Gasteiger partial charge in [0.05, 0.1) is 24.1 Å². The summed E-state index contributed by atoms with van der Waals surface area (Å²) in [7, 11) is 0. The standard InChI is InChI=1S/C18H18FN3O/c1-2-3-10-23-18-15(8-5-9-20-18)17-21-12-16(22-17)13-6-4-7-14(19)11-13/h4-9,11-12H,2-3,10H2,1H3,(H,21,22). The minimum atomic E-state index is -0.274. The van der Waals surface area contributed by atoms with Gasteiger partial charge < -0.3 is 9.72 Å². The number of rotatable bonds is 6. The molecule has 1 N–H and O–H groups in total. The van der Waals surface area contributed by atoms with Gasteiger partial charge in [-0.15, -0.1) is 0 Å². The van der Waals surface area contributed by atoms with Crippen LogP contribution in [0.1, 0.15) is 19.8 Å². The normalized spacial score (nSPS) is 10.7. The smallest absolute Gasteiger partial charge is 0.224 e. The predicted molar refractivity (Wildman–Crippen MR) is 87.6 cm³/mol. The molecule has 0 unspecified atom stereocenters. The Bertz CT molecular complexity index is 785. The molecule has 0 bridgehead atoms. The number of benzene rings is 1. The number of imidazole rings is 1. The Kier molecular flexibility index (Phi) is 4.66. The lowest BCUT2D eigenvalue weighted by atomic mass is 10.2. The molecule has 118 valence electrons. The van der Waals surface area contributed by atoms with Crippen molar-refractivity contribution < 1.29 is 9.13 Å². The highest BCUT2D eigenvalue weighted by Gasteiger charge is 2.12. The average molecular weight is 311 g/mol. The lowest BCUT2D eigenvalue weighted by Crippen LogP contribution is -2.00. The quantitative estimate of drug-likeness (QED) is 0.684. The molecule has 0 aliphatic rings. The van der Waals surface area contributed by atoms with Gasteiger partial charge in [0.2, 0.25) is 5.88 Å². The molecule has 3 aromatic rings. The van der Waals surface area contributed by atoms with Crippen LogP contribution >= 0.6 is 0 Å². The lowest BCUT2D eigenvalue weighted by molar-refractivity contribution is 0.299. The minimum Gasteiger partial charge on any atom is -0.477 e. The van der Waals surface area contributed by atoms with Crippen LogP contribution in [0.5, 0.6) is 5.88 Å². The number of pyridine rings is 1. The first-order valence-corrected chi connectivity index (χ1v) is 7.67. The summed E-state index contributed by atoms with van der Waals surface area (Å²) in [5.41, 5.74) is 2.30. The molecule has 4 nitrogen and oxygen atoms in total. The van der Waals surface area contributed by atoms with Gasteiger partial charge in [0.15, 0.2) is 0 Å². The lowest BCUT2D eigenvalue weighted by Gasteiger charge is -2.08. The summed E-state index contributed by atoms with van der Waals surface area (Å²) in [5, 5.41) is 0. The summed E-state index contributed by atoms with van der Waals surface area (Å²) in [5.74, 6) is 0.938. The molecule has 0 amide bonds. The summed E-state index contributed by atoms with van der Waals surface area (Å²) in [6.07, 6.45) is 5.42. The Morgan fingerprint density at radius 1 is 1.17 bits per heavy atom. The van der Waals surface area contributed by atoms with Crippen molar-refractivity contribution in [3.05, 3.63) is 54.6 Å². The zero-order chi connectivity index (χ0) is 16.1. The summed E-state index contributed by atoms with van der Waals surface area (Å²) >= 11 is 0. The number of aromatic amines is 1. The molecular formula is C18H18FN3O. The van der Waals surface area contributed by atoms with E-state index in [1.807, 2.05) is 18.2 Å². The highest BCUT2D eigenvalue weighted by molar-refractivity contribution is 5.67. The van der Waals surface area contributed by atoms with E-state index in [1.54, 1.807) is 18.5 Å². The third-order valence-corrected chi connectivity index (χ3v) is 3.47. The molecule has 0 fully saturated rings. The Morgan fingerprint density at radius 2 is 2.09 bits per heavy atom. The van der Waals surface area contributed by atoms with Gasteiger partial charge in [0.1, 0.15) is 11.6 Å². The maximum atomic E-state index is 13.4. The van der Waals surface area contributed by atoms with E-state index in [4.69, 9.17) is 4.74 Å². The van der Waals surface area contributed by atoms with Gasteiger partial charge in [0.25, 0.3) is 0 Å². The maximum Gasteiger partial charge on any atom is 0.224 e. The summed E-state index contributed by atoms with van der Waals surface area (Å²) in [6.45, 7) is 2.73. The third-order valence-electron chi connectivity index (χ3n) is 3.47. The van der Waals surface area contributed by atoms with E-state index in [9.17, 15) is 4.39 Å². The van der Waals surface area contributed by atoms with Gasteiger partial charge >= 0.3 is 0 Å². The topological polar surface area (TPSA) is 50.8 Å². The monoisotopic (exact) mass is 311 g/mol. The molecule has 0 atom stereocenters. The van der Waals surface area contributed by atoms with Gasteiger partial charge in [0, 0.05) is 11.8 Å². The van der Waals surface area contributed by atoms with Crippen LogP contribution in [0.4, 0.5) is 4.39 Å². The van der Waals surface area contributed by atoms with Crippen LogP contribution in [-0.4, -0.2) is 21.6 Å². The van der Waals surface area contributed by atoms with E-state index in [0.717, 1.165) is 29.7 Å². The number of hydrogen-bond acceptors (Lipinski definition) is 3. The number of unbranched alkanes of at least 4 members (excludes halogenated alkanes) is 1. The van der Waals surface area contributed by atoms with Gasteiger partial charge in [-0.3, -0.25) is 0 Å². The van der Waals surface area contributed by atoms with Crippen molar-refractivity contribution >= 4 is 0 Å². The maximum absolute atomic E-state index is 13.4. The van der Waals surface area contributed by atoms with E-state index in [0.29, 0.717) is 18.3 Å². The van der Waals surface area contributed by atoms with E-state index in [-0.39, 0.29) is 5.82 Å². The first kappa shape index (κ1) is 15.2. The Hall–Kier alpha value is -2.69. The van der Waals surface area contributed by atoms with Gasteiger partial charge in [-0.25, -0.2) is 14.4 Å². The molecule has 0 aliphatic heterocycles. The number of ether oxygens (including phenoxy) is 1. The van der Waals surface area contributed by atoms with Crippen LogP contribution in [-0.2, 0) is 0 Å². The number of nitrogens with zero attached hydrogens (tertiary/aromatic N) is 2. The van der Waals surface area contributed by atoms with Crippen LogP contribution in [0.2, 0.25) is 0 Å². The van der Waals surface area contributed by atoms with Crippen LogP contribution in [0.3, 0.4) is 0 Å². The molecule has 3 rings (SSSR count). The Morgan fingerprint density at radius 3 is 2.91 bits per heavy atom. The van der Waals surface area contributed by atoms with E-state index in [1.165, 1.54) is 12.1 Å². The number of aromatic nitrogens is 3. The minimum absolute atomic E-state index is 0.274. The molecular weight excluding hydrogens is 293 g/mol. The fourth-order valence-electron chi connectivity index (χ4n) is 2.26. The number of nitrogens with one attached hydrogen (secondary N) is 1. The second kappa shape index (κ2) is 7.05. The molecule has 0 saturated carbocycles. The van der Waals surface area contributed by atoms with Crippen molar-refractivity contribution in [1.82, 2.24) is 15.0 Å². The molecule has 0 spiro atoms.